The van der Waals surface area contributed by atoms with Crippen molar-refractivity contribution >= 4 is 54.8 Å². The molecule has 2 aromatic carbocycles. The van der Waals surface area contributed by atoms with Gasteiger partial charge in [0.25, 0.3) is 10.0 Å². The average Bonchev–Trinajstić information content (AvgIpc) is 2.41. The Bertz CT molecular complexity index is 781. The van der Waals surface area contributed by atoms with E-state index in [1.807, 2.05) is 0 Å². The summed E-state index contributed by atoms with van der Waals surface area (Å²) < 4.78 is 27.9. The summed E-state index contributed by atoms with van der Waals surface area (Å²) in [5.41, 5.74) is 0.558. The molecule has 2 aromatic rings. The molecule has 2 N–H and O–H groups in total. The molecule has 0 aromatic heterocycles. The highest BCUT2D eigenvalue weighted by Crippen LogP contribution is 2.33. The number of rotatable bonds is 4. The van der Waals surface area contributed by atoms with Crippen LogP contribution < -0.4 is 4.72 Å². The van der Waals surface area contributed by atoms with Crippen molar-refractivity contribution < 1.29 is 13.5 Å². The Morgan fingerprint density at radius 2 is 1.81 bits per heavy atom. The Morgan fingerprint density at radius 3 is 2.43 bits per heavy atom. The Morgan fingerprint density at radius 1 is 1.14 bits per heavy atom. The second kappa shape index (κ2) is 6.54. The third-order valence-electron chi connectivity index (χ3n) is 2.72. The van der Waals surface area contributed by atoms with Crippen LogP contribution in [0.5, 0.6) is 0 Å². The zero-order valence-electron chi connectivity index (χ0n) is 10.5. The van der Waals surface area contributed by atoms with Crippen LogP contribution in [0.15, 0.2) is 45.8 Å². The topological polar surface area (TPSA) is 66.4 Å². The van der Waals surface area contributed by atoms with E-state index in [2.05, 4.69) is 20.7 Å². The fourth-order valence-corrected chi connectivity index (χ4v) is 4.17. The standard InChI is InChI=1S/C13H10BrCl2NO3S/c14-9-3-1-2-4-11(9)17-21(19,20)12-6-5-10(15)8(7-18)13(12)16/h1-6,17-18H,7H2. The van der Waals surface area contributed by atoms with Crippen LogP contribution in [0.4, 0.5) is 5.69 Å². The Hall–Kier alpha value is -0.790. The maximum Gasteiger partial charge on any atom is 0.263 e. The van der Waals surface area contributed by atoms with Crippen LogP contribution in [-0.4, -0.2) is 13.5 Å². The summed E-state index contributed by atoms with van der Waals surface area (Å²) in [5.74, 6) is 0. The van der Waals surface area contributed by atoms with E-state index in [-0.39, 0.29) is 20.5 Å². The third-order valence-corrected chi connectivity index (χ3v) is 5.71. The van der Waals surface area contributed by atoms with Crippen molar-refractivity contribution in [3.8, 4) is 0 Å². The molecule has 0 spiro atoms. The van der Waals surface area contributed by atoms with E-state index in [0.717, 1.165) is 0 Å². The number of aliphatic hydroxyl groups excluding tert-OH is 1. The first-order chi connectivity index (χ1) is 9.86. The number of nitrogens with one attached hydrogen (secondary N) is 1. The summed E-state index contributed by atoms with van der Waals surface area (Å²) >= 11 is 15.2. The highest BCUT2D eigenvalue weighted by molar-refractivity contribution is 9.10. The number of hydrogen-bond donors (Lipinski definition) is 2. The van der Waals surface area contributed by atoms with Crippen molar-refractivity contribution in [3.05, 3.63) is 56.5 Å². The van der Waals surface area contributed by atoms with E-state index in [1.165, 1.54) is 12.1 Å². The molecule has 0 saturated heterocycles. The van der Waals surface area contributed by atoms with Gasteiger partial charge in [-0.3, -0.25) is 4.72 Å². The molecule has 0 atom stereocenters. The Labute approximate surface area is 140 Å². The minimum absolute atomic E-state index is 0.0930. The van der Waals surface area contributed by atoms with E-state index in [1.54, 1.807) is 24.3 Å². The molecular formula is C13H10BrCl2NO3S. The van der Waals surface area contributed by atoms with Crippen molar-refractivity contribution in [2.45, 2.75) is 11.5 Å². The molecule has 0 aliphatic heterocycles. The first-order valence-electron chi connectivity index (χ1n) is 5.72. The molecule has 0 amide bonds. The minimum atomic E-state index is -3.90. The van der Waals surface area contributed by atoms with E-state index in [0.29, 0.717) is 10.2 Å². The molecule has 0 unspecified atom stereocenters. The second-order valence-electron chi connectivity index (χ2n) is 4.08. The van der Waals surface area contributed by atoms with Crippen LogP contribution in [0.25, 0.3) is 0 Å². The van der Waals surface area contributed by atoms with Gasteiger partial charge in [-0.2, -0.15) is 0 Å². The van der Waals surface area contributed by atoms with Crippen LogP contribution in [0.3, 0.4) is 0 Å². The smallest absolute Gasteiger partial charge is 0.263 e. The first-order valence-corrected chi connectivity index (χ1v) is 8.75. The molecule has 0 aliphatic rings. The number of aliphatic hydroxyl groups is 1. The molecule has 0 aliphatic carbocycles. The monoisotopic (exact) mass is 409 g/mol. The van der Waals surface area contributed by atoms with Crippen LogP contribution in [0.1, 0.15) is 5.56 Å². The van der Waals surface area contributed by atoms with Gasteiger partial charge in [0.2, 0.25) is 0 Å². The van der Waals surface area contributed by atoms with E-state index in [4.69, 9.17) is 23.2 Å². The summed E-state index contributed by atoms with van der Waals surface area (Å²) in [6.45, 7) is -0.448. The molecular weight excluding hydrogens is 401 g/mol. The van der Waals surface area contributed by atoms with Crippen LogP contribution in [-0.2, 0) is 16.6 Å². The zero-order valence-corrected chi connectivity index (χ0v) is 14.4. The molecule has 112 valence electrons. The predicted molar refractivity (Wildman–Crippen MR) is 87.3 cm³/mol. The van der Waals surface area contributed by atoms with Gasteiger partial charge in [0.15, 0.2) is 0 Å². The lowest BCUT2D eigenvalue weighted by atomic mass is 10.2. The van der Waals surface area contributed by atoms with Gasteiger partial charge >= 0.3 is 0 Å². The quantitative estimate of drug-likeness (QED) is 0.798. The van der Waals surface area contributed by atoms with Crippen molar-refractivity contribution in [1.29, 1.82) is 0 Å². The van der Waals surface area contributed by atoms with E-state index in [9.17, 15) is 13.5 Å². The number of para-hydroxylation sites is 1. The number of sulfonamides is 1. The first kappa shape index (κ1) is 16.6. The van der Waals surface area contributed by atoms with Gasteiger partial charge in [-0.05, 0) is 40.2 Å². The van der Waals surface area contributed by atoms with Crippen molar-refractivity contribution in [3.63, 3.8) is 0 Å². The molecule has 0 radical (unpaired) electrons. The maximum absolute atomic E-state index is 12.4. The van der Waals surface area contributed by atoms with Gasteiger partial charge in [0.05, 0.1) is 17.3 Å². The third kappa shape index (κ3) is 3.52. The minimum Gasteiger partial charge on any atom is -0.392 e. The zero-order chi connectivity index (χ0) is 15.6. The number of anilines is 1. The molecule has 21 heavy (non-hydrogen) atoms. The second-order valence-corrected chi connectivity index (χ2v) is 7.37. The largest absolute Gasteiger partial charge is 0.392 e. The highest BCUT2D eigenvalue weighted by atomic mass is 79.9. The van der Waals surface area contributed by atoms with Crippen LogP contribution in [0, 0.1) is 0 Å². The summed E-state index contributed by atoms with van der Waals surface area (Å²) in [6, 6.07) is 9.46. The SMILES string of the molecule is O=S(=O)(Nc1ccccc1Br)c1ccc(Cl)c(CO)c1Cl. The molecule has 0 fully saturated rings. The summed E-state index contributed by atoms with van der Waals surface area (Å²) in [6.07, 6.45) is 0. The van der Waals surface area contributed by atoms with Crippen molar-refractivity contribution in [2.24, 2.45) is 0 Å². The van der Waals surface area contributed by atoms with Gasteiger partial charge in [-0.1, -0.05) is 35.3 Å². The lowest BCUT2D eigenvalue weighted by Gasteiger charge is -2.13. The summed E-state index contributed by atoms with van der Waals surface area (Å²) in [7, 11) is -3.90. The lowest BCUT2D eigenvalue weighted by Crippen LogP contribution is -2.14. The molecule has 4 nitrogen and oxygen atoms in total. The molecule has 0 heterocycles. The van der Waals surface area contributed by atoms with Gasteiger partial charge in [-0.15, -0.1) is 0 Å². The number of halogens is 3. The van der Waals surface area contributed by atoms with E-state index >= 15 is 0 Å². The number of hydrogen-bond acceptors (Lipinski definition) is 3. The van der Waals surface area contributed by atoms with Crippen molar-refractivity contribution in [1.82, 2.24) is 0 Å². The van der Waals surface area contributed by atoms with Crippen LogP contribution >= 0.6 is 39.1 Å². The van der Waals surface area contributed by atoms with Gasteiger partial charge in [-0.25, -0.2) is 8.42 Å². The lowest BCUT2D eigenvalue weighted by molar-refractivity contribution is 0.282. The Balaban J connectivity index is 2.48. The summed E-state index contributed by atoms with van der Waals surface area (Å²) in [4.78, 5) is -0.145. The maximum atomic E-state index is 12.4. The molecule has 0 saturated carbocycles. The molecule has 8 heteroatoms. The van der Waals surface area contributed by atoms with Crippen molar-refractivity contribution in [2.75, 3.05) is 4.72 Å². The molecule has 0 bridgehead atoms. The fourth-order valence-electron chi connectivity index (χ4n) is 1.67. The van der Waals surface area contributed by atoms with Gasteiger partial charge in [0.1, 0.15) is 4.90 Å². The average molecular weight is 411 g/mol. The molecule has 2 rings (SSSR count). The Kier molecular flexibility index (Phi) is 5.16. The normalized spacial score (nSPS) is 11.4. The van der Waals surface area contributed by atoms with Gasteiger partial charge in [0, 0.05) is 15.1 Å². The van der Waals surface area contributed by atoms with E-state index < -0.39 is 16.6 Å². The highest BCUT2D eigenvalue weighted by Gasteiger charge is 2.22. The number of benzene rings is 2. The predicted octanol–water partition coefficient (Wildman–Crippen LogP) is 4.05. The summed E-state index contributed by atoms with van der Waals surface area (Å²) in [5, 5.41) is 9.35. The fraction of sp³-hybridized carbons (Fsp3) is 0.0769. The van der Waals surface area contributed by atoms with Crippen LogP contribution in [0.2, 0.25) is 10.0 Å². The van der Waals surface area contributed by atoms with Gasteiger partial charge < -0.3 is 5.11 Å².